The van der Waals surface area contributed by atoms with Crippen molar-refractivity contribution >= 4 is 5.65 Å². The number of nitrogens with zero attached hydrogens (tertiary/aromatic N) is 4. The third kappa shape index (κ3) is 3.25. The van der Waals surface area contributed by atoms with Gasteiger partial charge < -0.3 is 0 Å². The van der Waals surface area contributed by atoms with Crippen molar-refractivity contribution in [2.45, 2.75) is 32.4 Å². The van der Waals surface area contributed by atoms with E-state index in [1.807, 2.05) is 25.1 Å². The Morgan fingerprint density at radius 1 is 0.964 bits per heavy atom. The van der Waals surface area contributed by atoms with Crippen molar-refractivity contribution in [3.63, 3.8) is 0 Å². The van der Waals surface area contributed by atoms with E-state index in [0.29, 0.717) is 6.04 Å². The molecular formula is C23H26N4O. The Morgan fingerprint density at radius 3 is 2.39 bits per heavy atom. The minimum Gasteiger partial charge on any atom is -0.297 e. The summed E-state index contributed by atoms with van der Waals surface area (Å²) in [6.07, 6.45) is 2.36. The van der Waals surface area contributed by atoms with Gasteiger partial charge in [0.15, 0.2) is 0 Å². The molecule has 1 aromatic carbocycles. The molecule has 28 heavy (non-hydrogen) atoms. The van der Waals surface area contributed by atoms with Crippen molar-refractivity contribution < 1.29 is 0 Å². The molecule has 3 aromatic rings. The Labute approximate surface area is 165 Å². The number of piperazine rings is 1. The van der Waals surface area contributed by atoms with Gasteiger partial charge >= 0.3 is 0 Å². The summed E-state index contributed by atoms with van der Waals surface area (Å²) in [5.74, 6) is 0. The van der Waals surface area contributed by atoms with E-state index in [-0.39, 0.29) is 5.56 Å². The molecule has 1 aliphatic heterocycles. The van der Waals surface area contributed by atoms with Crippen LogP contribution in [0.1, 0.15) is 22.5 Å². The van der Waals surface area contributed by atoms with E-state index in [0.717, 1.165) is 49.8 Å². The smallest absolute Gasteiger partial charge is 0.258 e. The summed E-state index contributed by atoms with van der Waals surface area (Å²) in [5.41, 5.74) is 5.59. The molecule has 0 N–H and O–H groups in total. The van der Waals surface area contributed by atoms with Gasteiger partial charge in [0.25, 0.3) is 5.56 Å². The molecule has 3 heterocycles. The first-order valence-electron chi connectivity index (χ1n) is 10.2. The van der Waals surface area contributed by atoms with E-state index < -0.39 is 0 Å². The number of aryl methyl sites for hydroxylation is 1. The van der Waals surface area contributed by atoms with Crippen molar-refractivity contribution in [3.05, 3.63) is 81.4 Å². The van der Waals surface area contributed by atoms with Crippen molar-refractivity contribution in [1.29, 1.82) is 0 Å². The lowest BCUT2D eigenvalue weighted by molar-refractivity contribution is 0.0942. The average molecular weight is 374 g/mol. The van der Waals surface area contributed by atoms with Crippen LogP contribution in [-0.2, 0) is 19.4 Å². The van der Waals surface area contributed by atoms with Crippen LogP contribution < -0.4 is 5.56 Å². The molecule has 5 rings (SSSR count). The monoisotopic (exact) mass is 374 g/mol. The molecule has 5 heteroatoms. The summed E-state index contributed by atoms with van der Waals surface area (Å²) < 4.78 is 1.68. The second kappa shape index (κ2) is 7.15. The highest BCUT2D eigenvalue weighted by Gasteiger charge is 2.29. The average Bonchev–Trinajstić information content (AvgIpc) is 3.12. The van der Waals surface area contributed by atoms with Crippen molar-refractivity contribution in [2.24, 2.45) is 0 Å². The van der Waals surface area contributed by atoms with E-state index in [1.165, 1.54) is 24.0 Å². The van der Waals surface area contributed by atoms with Crippen molar-refractivity contribution in [3.8, 4) is 0 Å². The van der Waals surface area contributed by atoms with Crippen molar-refractivity contribution in [2.75, 3.05) is 26.2 Å². The fourth-order valence-electron chi connectivity index (χ4n) is 4.75. The maximum Gasteiger partial charge on any atom is 0.258 e. The molecule has 0 amide bonds. The van der Waals surface area contributed by atoms with Crippen LogP contribution in [0.15, 0.2) is 53.3 Å². The number of hydrogen-bond acceptors (Lipinski definition) is 4. The predicted octanol–water partition coefficient (Wildman–Crippen LogP) is 2.29. The summed E-state index contributed by atoms with van der Waals surface area (Å²) in [6, 6.07) is 17.0. The number of hydrogen-bond donors (Lipinski definition) is 0. The summed E-state index contributed by atoms with van der Waals surface area (Å²) in [6.45, 7) is 6.92. The largest absolute Gasteiger partial charge is 0.297 e. The third-order valence-electron chi connectivity index (χ3n) is 6.27. The summed E-state index contributed by atoms with van der Waals surface area (Å²) in [7, 11) is 0. The Kier molecular flexibility index (Phi) is 4.49. The number of aromatic nitrogens is 2. The van der Waals surface area contributed by atoms with Gasteiger partial charge in [0.1, 0.15) is 5.65 Å². The molecule has 0 unspecified atom stereocenters. The molecule has 5 nitrogen and oxygen atoms in total. The Morgan fingerprint density at radius 2 is 1.68 bits per heavy atom. The summed E-state index contributed by atoms with van der Waals surface area (Å²) in [5, 5.41) is 0. The van der Waals surface area contributed by atoms with E-state index in [4.69, 9.17) is 4.98 Å². The fraction of sp³-hybridized carbons (Fsp3) is 0.391. The Bertz CT molecular complexity index is 1040. The zero-order chi connectivity index (χ0) is 19.1. The molecule has 1 saturated heterocycles. The van der Waals surface area contributed by atoms with Gasteiger partial charge in [0, 0.05) is 50.5 Å². The first-order chi connectivity index (χ1) is 13.7. The molecule has 144 valence electrons. The van der Waals surface area contributed by atoms with Gasteiger partial charge in [0.2, 0.25) is 0 Å². The Hall–Kier alpha value is -2.50. The van der Waals surface area contributed by atoms with Crippen molar-refractivity contribution in [1.82, 2.24) is 19.2 Å². The van der Waals surface area contributed by atoms with Crippen LogP contribution in [0.4, 0.5) is 0 Å². The highest BCUT2D eigenvalue weighted by atomic mass is 16.1. The normalized spacial score (nSPS) is 18.6. The van der Waals surface area contributed by atoms with Gasteiger partial charge in [-0.3, -0.25) is 19.0 Å². The van der Waals surface area contributed by atoms with Gasteiger partial charge in [-0.2, -0.15) is 0 Å². The van der Waals surface area contributed by atoms with Gasteiger partial charge in [0.05, 0.1) is 5.69 Å². The van der Waals surface area contributed by atoms with Gasteiger partial charge in [-0.25, -0.2) is 4.98 Å². The van der Waals surface area contributed by atoms with Gasteiger partial charge in [-0.1, -0.05) is 30.3 Å². The summed E-state index contributed by atoms with van der Waals surface area (Å²) >= 11 is 0. The molecule has 0 saturated carbocycles. The van der Waals surface area contributed by atoms with Crippen LogP contribution in [0.25, 0.3) is 5.65 Å². The minimum absolute atomic E-state index is 0.0143. The van der Waals surface area contributed by atoms with Crippen LogP contribution in [0, 0.1) is 6.92 Å². The standard InChI is InChI=1S/C23H26N4O/c1-17-5-4-8-22-24-20(15-23(28)27(17)22)16-25-9-11-26(12-10-25)21-13-18-6-2-3-7-19(18)14-21/h2-8,15,21H,9-14,16H2,1H3. The van der Waals surface area contributed by atoms with E-state index in [9.17, 15) is 4.79 Å². The molecule has 0 spiro atoms. The number of pyridine rings is 1. The quantitative estimate of drug-likeness (QED) is 0.705. The van der Waals surface area contributed by atoms with Crippen LogP contribution in [0.5, 0.6) is 0 Å². The lowest BCUT2D eigenvalue weighted by Gasteiger charge is -2.37. The van der Waals surface area contributed by atoms with Crippen LogP contribution >= 0.6 is 0 Å². The molecule has 0 radical (unpaired) electrons. The van der Waals surface area contributed by atoms with Crippen LogP contribution in [-0.4, -0.2) is 51.4 Å². The number of fused-ring (bicyclic) bond motifs is 2. The topological polar surface area (TPSA) is 40.9 Å². The zero-order valence-electron chi connectivity index (χ0n) is 16.3. The van der Waals surface area contributed by atoms with Gasteiger partial charge in [-0.05, 0) is 43.0 Å². The number of benzene rings is 1. The Balaban J connectivity index is 1.24. The predicted molar refractivity (Wildman–Crippen MR) is 111 cm³/mol. The lowest BCUT2D eigenvalue weighted by atomic mass is 10.1. The van der Waals surface area contributed by atoms with E-state index in [1.54, 1.807) is 10.5 Å². The molecule has 1 aliphatic carbocycles. The number of rotatable bonds is 3. The van der Waals surface area contributed by atoms with Crippen LogP contribution in [0.2, 0.25) is 0 Å². The highest BCUT2D eigenvalue weighted by molar-refractivity contribution is 5.40. The fourth-order valence-corrected chi connectivity index (χ4v) is 4.75. The molecule has 0 atom stereocenters. The second-order valence-electron chi connectivity index (χ2n) is 8.09. The maximum absolute atomic E-state index is 12.5. The maximum atomic E-state index is 12.5. The first-order valence-corrected chi connectivity index (χ1v) is 10.2. The zero-order valence-corrected chi connectivity index (χ0v) is 16.3. The van der Waals surface area contributed by atoms with Gasteiger partial charge in [-0.15, -0.1) is 0 Å². The first kappa shape index (κ1) is 17.6. The SMILES string of the molecule is Cc1cccc2nc(CN3CCN(C4Cc5ccccc5C4)CC3)cc(=O)n12. The molecule has 1 fully saturated rings. The van der Waals surface area contributed by atoms with E-state index in [2.05, 4.69) is 34.1 Å². The molecular weight excluding hydrogens is 348 g/mol. The third-order valence-corrected chi connectivity index (χ3v) is 6.27. The molecule has 2 aliphatic rings. The minimum atomic E-state index is 0.0143. The van der Waals surface area contributed by atoms with E-state index >= 15 is 0 Å². The molecule has 2 aromatic heterocycles. The lowest BCUT2D eigenvalue weighted by Crippen LogP contribution is -2.50. The molecule has 0 bridgehead atoms. The second-order valence-corrected chi connectivity index (χ2v) is 8.09. The van der Waals surface area contributed by atoms with Crippen LogP contribution in [0.3, 0.4) is 0 Å². The highest BCUT2D eigenvalue weighted by Crippen LogP contribution is 2.26. The summed E-state index contributed by atoms with van der Waals surface area (Å²) in [4.78, 5) is 22.3.